The molecule has 0 aliphatic carbocycles. The molecule has 0 N–H and O–H groups in total. The van der Waals surface area contributed by atoms with Crippen molar-refractivity contribution in [2.75, 3.05) is 47.5 Å². The van der Waals surface area contributed by atoms with Gasteiger partial charge >= 0.3 is 5.97 Å². The molecule has 0 rings (SSSR count). The van der Waals surface area contributed by atoms with E-state index in [-0.39, 0.29) is 25.8 Å². The summed E-state index contributed by atoms with van der Waals surface area (Å²) in [5, 5.41) is 0. The first-order valence-corrected chi connectivity index (χ1v) is 24.2. The van der Waals surface area contributed by atoms with Gasteiger partial charge in [-0.05, 0) is 57.4 Å². The molecular formula is C46H88NO7P. The number of hydrogen-bond acceptors (Lipinski definition) is 7. The van der Waals surface area contributed by atoms with Crippen molar-refractivity contribution in [3.8, 4) is 0 Å². The predicted octanol–water partition coefficient (Wildman–Crippen LogP) is 13.1. The quantitative estimate of drug-likeness (QED) is 0.0152. The number of quaternary nitrogens is 1. The van der Waals surface area contributed by atoms with Crippen LogP contribution in [-0.4, -0.2) is 64.1 Å². The highest BCUT2D eigenvalue weighted by atomic mass is 31.2. The van der Waals surface area contributed by atoms with Crippen LogP contribution < -0.4 is 4.89 Å². The van der Waals surface area contributed by atoms with E-state index in [2.05, 4.69) is 38.2 Å². The van der Waals surface area contributed by atoms with Gasteiger partial charge in [0.15, 0.2) is 6.10 Å². The fourth-order valence-corrected chi connectivity index (χ4v) is 6.92. The van der Waals surface area contributed by atoms with Crippen LogP contribution in [0.3, 0.4) is 0 Å². The largest absolute Gasteiger partial charge is 0.756 e. The van der Waals surface area contributed by atoms with E-state index in [1.807, 2.05) is 27.2 Å². The number of rotatable bonds is 42. The van der Waals surface area contributed by atoms with Gasteiger partial charge in [-0.15, -0.1) is 0 Å². The van der Waals surface area contributed by atoms with E-state index in [4.69, 9.17) is 18.5 Å². The smallest absolute Gasteiger partial charge is 0.306 e. The Bertz CT molecular complexity index is 978. The molecule has 0 aromatic heterocycles. The highest BCUT2D eigenvalue weighted by molar-refractivity contribution is 7.45. The number of allylic oxidation sites excluding steroid dienone is 5. The van der Waals surface area contributed by atoms with Gasteiger partial charge in [0.2, 0.25) is 0 Å². The van der Waals surface area contributed by atoms with Crippen LogP contribution in [0.15, 0.2) is 36.6 Å². The van der Waals surface area contributed by atoms with Crippen LogP contribution in [0.5, 0.6) is 0 Å². The van der Waals surface area contributed by atoms with Gasteiger partial charge in [0, 0.05) is 6.42 Å². The second-order valence-corrected chi connectivity index (χ2v) is 17.9. The van der Waals surface area contributed by atoms with Crippen LogP contribution >= 0.6 is 7.82 Å². The van der Waals surface area contributed by atoms with Crippen molar-refractivity contribution >= 4 is 13.8 Å². The average Bonchev–Trinajstić information content (AvgIpc) is 3.13. The summed E-state index contributed by atoms with van der Waals surface area (Å²) in [4.78, 5) is 25.0. The van der Waals surface area contributed by atoms with Crippen molar-refractivity contribution < 1.29 is 37.3 Å². The third kappa shape index (κ3) is 43.5. The molecule has 0 aliphatic heterocycles. The number of carbonyl (C=O) groups is 1. The lowest BCUT2D eigenvalue weighted by Gasteiger charge is -2.28. The lowest BCUT2D eigenvalue weighted by atomic mass is 10.0. The molecule has 0 spiro atoms. The van der Waals surface area contributed by atoms with E-state index in [9.17, 15) is 14.3 Å². The van der Waals surface area contributed by atoms with Crippen molar-refractivity contribution in [3.05, 3.63) is 36.6 Å². The molecule has 0 saturated carbocycles. The van der Waals surface area contributed by atoms with Crippen molar-refractivity contribution in [1.29, 1.82) is 0 Å². The maximum absolute atomic E-state index is 12.7. The van der Waals surface area contributed by atoms with Gasteiger partial charge < -0.3 is 27.9 Å². The van der Waals surface area contributed by atoms with Gasteiger partial charge in [-0.1, -0.05) is 167 Å². The Hall–Kier alpha value is -1.44. The first-order chi connectivity index (χ1) is 26.6. The van der Waals surface area contributed by atoms with Crippen molar-refractivity contribution in [2.24, 2.45) is 0 Å². The van der Waals surface area contributed by atoms with Crippen LogP contribution in [0, 0.1) is 0 Å². The summed E-state index contributed by atoms with van der Waals surface area (Å²) in [6, 6.07) is 0. The molecule has 0 amide bonds. The second-order valence-electron chi connectivity index (χ2n) is 16.5. The maximum Gasteiger partial charge on any atom is 0.306 e. The Morgan fingerprint density at radius 1 is 0.582 bits per heavy atom. The van der Waals surface area contributed by atoms with E-state index in [1.165, 1.54) is 135 Å². The van der Waals surface area contributed by atoms with Gasteiger partial charge in [-0.25, -0.2) is 0 Å². The Balaban J connectivity index is 4.27. The normalized spacial score (nSPS) is 14.0. The lowest BCUT2D eigenvalue weighted by molar-refractivity contribution is -0.870. The maximum atomic E-state index is 12.7. The number of likely N-dealkylation sites (N-methyl/N-ethyl adjacent to an activating group) is 1. The Morgan fingerprint density at radius 3 is 1.53 bits per heavy atom. The number of phosphoric ester groups is 1. The van der Waals surface area contributed by atoms with Crippen LogP contribution in [0.1, 0.15) is 200 Å². The number of ether oxygens (including phenoxy) is 2. The molecule has 55 heavy (non-hydrogen) atoms. The fourth-order valence-electron chi connectivity index (χ4n) is 6.19. The number of phosphoric acid groups is 1. The summed E-state index contributed by atoms with van der Waals surface area (Å²) in [6.07, 6.45) is 46.7. The molecule has 2 atom stereocenters. The minimum Gasteiger partial charge on any atom is -0.756 e. The van der Waals surface area contributed by atoms with Crippen molar-refractivity contribution in [3.63, 3.8) is 0 Å². The number of nitrogens with zero attached hydrogens (tertiary/aromatic N) is 1. The van der Waals surface area contributed by atoms with Crippen molar-refractivity contribution in [2.45, 2.75) is 206 Å². The summed E-state index contributed by atoms with van der Waals surface area (Å²) in [5.41, 5.74) is 0. The van der Waals surface area contributed by atoms with Gasteiger partial charge in [0.1, 0.15) is 19.8 Å². The molecule has 9 heteroatoms. The van der Waals surface area contributed by atoms with Crippen LogP contribution in [0.4, 0.5) is 0 Å². The molecule has 2 unspecified atom stereocenters. The minimum atomic E-state index is -4.54. The Kier molecular flexibility index (Phi) is 38.4. The summed E-state index contributed by atoms with van der Waals surface area (Å²) in [5.74, 6) is -0.363. The summed E-state index contributed by atoms with van der Waals surface area (Å²) in [6.45, 7) is 4.72. The zero-order chi connectivity index (χ0) is 40.6. The third-order valence-electron chi connectivity index (χ3n) is 9.76. The highest BCUT2D eigenvalue weighted by Gasteiger charge is 2.20. The van der Waals surface area contributed by atoms with E-state index in [0.717, 1.165) is 44.9 Å². The van der Waals surface area contributed by atoms with E-state index < -0.39 is 13.9 Å². The first kappa shape index (κ1) is 53.6. The third-order valence-corrected chi connectivity index (χ3v) is 10.7. The number of unbranched alkanes of at least 4 members (excludes halogenated alkanes) is 24. The molecule has 0 heterocycles. The number of carbonyl (C=O) groups excluding carboxylic acids is 1. The molecule has 0 radical (unpaired) electrons. The molecule has 0 saturated heterocycles. The number of esters is 1. The van der Waals surface area contributed by atoms with E-state index in [1.54, 1.807) is 6.26 Å². The second kappa shape index (κ2) is 39.4. The lowest BCUT2D eigenvalue weighted by Crippen LogP contribution is -2.37. The molecule has 324 valence electrons. The highest BCUT2D eigenvalue weighted by Crippen LogP contribution is 2.38. The van der Waals surface area contributed by atoms with Gasteiger partial charge in [0.05, 0.1) is 34.0 Å². The number of hydrogen-bond donors (Lipinski definition) is 0. The monoisotopic (exact) mass is 798 g/mol. The van der Waals surface area contributed by atoms with Gasteiger partial charge in [0.25, 0.3) is 7.82 Å². The SMILES string of the molecule is CCCCC/C=C\C/C=C\CCCCCCCCCC(=O)OC(CO/C=C\CCCCCCCCCCCCCCCC)COP(=O)([O-])OCC[N+](C)(C)C. The van der Waals surface area contributed by atoms with Gasteiger partial charge in [-0.2, -0.15) is 0 Å². The van der Waals surface area contributed by atoms with E-state index in [0.29, 0.717) is 17.4 Å². The van der Waals surface area contributed by atoms with Crippen LogP contribution in [0.2, 0.25) is 0 Å². The Morgan fingerprint density at radius 2 is 1.02 bits per heavy atom. The summed E-state index contributed by atoms with van der Waals surface area (Å²) >= 11 is 0. The molecule has 0 fully saturated rings. The summed E-state index contributed by atoms with van der Waals surface area (Å²) < 4.78 is 34.4. The van der Waals surface area contributed by atoms with Crippen LogP contribution in [0.25, 0.3) is 0 Å². The Labute approximate surface area is 340 Å². The molecule has 0 aromatic rings. The zero-order valence-corrected chi connectivity index (χ0v) is 37.5. The average molecular weight is 798 g/mol. The first-order valence-electron chi connectivity index (χ1n) is 22.8. The summed E-state index contributed by atoms with van der Waals surface area (Å²) in [7, 11) is 1.32. The molecule has 0 aliphatic rings. The fraction of sp³-hybridized carbons (Fsp3) is 0.848. The van der Waals surface area contributed by atoms with Gasteiger partial charge in [-0.3, -0.25) is 9.36 Å². The zero-order valence-electron chi connectivity index (χ0n) is 36.6. The van der Waals surface area contributed by atoms with E-state index >= 15 is 0 Å². The van der Waals surface area contributed by atoms with Crippen LogP contribution in [-0.2, 0) is 27.9 Å². The molecule has 8 nitrogen and oxygen atoms in total. The standard InChI is InChI=1S/C46H88NO7P/c1-6-8-10-12-14-16-18-20-22-24-25-27-29-31-33-35-37-39-46(48)54-45(44-53-55(49,50)52-42-40-47(3,4)5)43-51-41-38-36-34-32-30-28-26-23-21-19-17-15-13-11-9-7-2/h14,16,20,22,38,41,45H,6-13,15,17-19,21,23-37,39-40,42-44H2,1-5H3/b16-14-,22-20-,41-38-. The molecule has 0 bridgehead atoms. The predicted molar refractivity (Wildman–Crippen MR) is 231 cm³/mol. The molecule has 0 aromatic carbocycles. The minimum absolute atomic E-state index is 0.0153. The molecular weight excluding hydrogens is 709 g/mol. The topological polar surface area (TPSA) is 94.1 Å². The van der Waals surface area contributed by atoms with Crippen molar-refractivity contribution in [1.82, 2.24) is 0 Å².